The molecular formula is C15H20IN3O3. The van der Waals surface area contributed by atoms with Gasteiger partial charge in [0.15, 0.2) is 0 Å². The van der Waals surface area contributed by atoms with Gasteiger partial charge in [-0.25, -0.2) is 0 Å². The van der Waals surface area contributed by atoms with Crippen molar-refractivity contribution in [2.45, 2.75) is 13.8 Å². The minimum absolute atomic E-state index is 0.0544. The van der Waals surface area contributed by atoms with E-state index in [-0.39, 0.29) is 30.2 Å². The average molecular weight is 417 g/mol. The second-order valence-corrected chi connectivity index (χ2v) is 6.12. The van der Waals surface area contributed by atoms with Crippen molar-refractivity contribution < 1.29 is 14.4 Å². The molecule has 0 aromatic heterocycles. The summed E-state index contributed by atoms with van der Waals surface area (Å²) < 4.78 is 0.828. The molecule has 3 amide bonds. The van der Waals surface area contributed by atoms with Crippen LogP contribution < -0.4 is 16.0 Å². The van der Waals surface area contributed by atoms with Gasteiger partial charge in [-0.05, 0) is 34.7 Å². The van der Waals surface area contributed by atoms with E-state index in [0.29, 0.717) is 18.7 Å². The second kappa shape index (κ2) is 9.39. The van der Waals surface area contributed by atoms with Crippen LogP contribution in [-0.4, -0.2) is 37.4 Å². The zero-order chi connectivity index (χ0) is 16.5. The molecule has 0 saturated heterocycles. The van der Waals surface area contributed by atoms with Gasteiger partial charge in [0, 0.05) is 22.6 Å². The molecule has 0 radical (unpaired) electrons. The van der Waals surface area contributed by atoms with E-state index in [4.69, 9.17) is 0 Å². The quantitative estimate of drug-likeness (QED) is 0.456. The summed E-state index contributed by atoms with van der Waals surface area (Å²) in [7, 11) is 0. The van der Waals surface area contributed by atoms with Gasteiger partial charge in [0.25, 0.3) is 5.91 Å². The minimum atomic E-state index is -0.293. The van der Waals surface area contributed by atoms with E-state index in [1.54, 1.807) is 26.0 Å². The normalized spacial score (nSPS) is 10.2. The maximum Gasteiger partial charge on any atom is 0.252 e. The summed E-state index contributed by atoms with van der Waals surface area (Å²) in [4.78, 5) is 34.8. The molecule has 0 bridgehead atoms. The lowest BCUT2D eigenvalue weighted by molar-refractivity contribution is -0.124. The van der Waals surface area contributed by atoms with Crippen LogP contribution in [0.1, 0.15) is 24.2 Å². The fraction of sp³-hybridized carbons (Fsp3) is 0.400. The van der Waals surface area contributed by atoms with Crippen molar-refractivity contribution in [2.75, 3.05) is 19.6 Å². The monoisotopic (exact) mass is 417 g/mol. The van der Waals surface area contributed by atoms with Gasteiger partial charge in [0.2, 0.25) is 11.8 Å². The Hall–Kier alpha value is -1.64. The lowest BCUT2D eigenvalue weighted by Crippen LogP contribution is -2.41. The van der Waals surface area contributed by atoms with Crippen molar-refractivity contribution in [1.82, 2.24) is 16.0 Å². The van der Waals surface area contributed by atoms with E-state index in [2.05, 4.69) is 38.5 Å². The van der Waals surface area contributed by atoms with Gasteiger partial charge in [-0.1, -0.05) is 26.0 Å². The van der Waals surface area contributed by atoms with Crippen LogP contribution in [0.4, 0.5) is 0 Å². The van der Waals surface area contributed by atoms with Crippen molar-refractivity contribution in [3.63, 3.8) is 0 Å². The summed E-state index contributed by atoms with van der Waals surface area (Å²) >= 11 is 2.07. The topological polar surface area (TPSA) is 87.3 Å². The molecule has 1 aromatic rings. The summed E-state index contributed by atoms with van der Waals surface area (Å²) in [6, 6.07) is 7.15. The third-order valence-corrected chi connectivity index (χ3v) is 3.74. The van der Waals surface area contributed by atoms with Crippen LogP contribution in [0.3, 0.4) is 0 Å². The van der Waals surface area contributed by atoms with Crippen molar-refractivity contribution >= 4 is 40.3 Å². The predicted molar refractivity (Wildman–Crippen MR) is 92.3 cm³/mol. The number of carbonyl (C=O) groups excluding carboxylic acids is 3. The number of rotatable bonds is 7. The molecule has 1 aromatic carbocycles. The zero-order valence-electron chi connectivity index (χ0n) is 12.6. The van der Waals surface area contributed by atoms with Crippen LogP contribution in [0, 0.1) is 9.49 Å². The summed E-state index contributed by atoms with van der Waals surface area (Å²) in [6.45, 7) is 4.20. The van der Waals surface area contributed by atoms with E-state index in [1.807, 2.05) is 12.1 Å². The molecule has 7 heteroatoms. The number of nitrogens with one attached hydrogen (secondary N) is 3. The standard InChI is InChI=1S/C15H20IN3O3/c1-10(2)14(21)18-8-7-17-13(20)9-19-15(22)11-5-3-4-6-12(11)16/h3-6,10H,7-9H2,1-2H3,(H,17,20)(H,18,21)(H,19,22). The van der Waals surface area contributed by atoms with Gasteiger partial charge in [0.1, 0.15) is 0 Å². The first-order chi connectivity index (χ1) is 10.4. The molecule has 3 N–H and O–H groups in total. The van der Waals surface area contributed by atoms with Crippen LogP contribution in [0.15, 0.2) is 24.3 Å². The second-order valence-electron chi connectivity index (χ2n) is 4.96. The lowest BCUT2D eigenvalue weighted by atomic mass is 10.2. The fourth-order valence-corrected chi connectivity index (χ4v) is 2.19. The molecule has 0 unspecified atom stereocenters. The zero-order valence-corrected chi connectivity index (χ0v) is 14.8. The van der Waals surface area contributed by atoms with Crippen molar-refractivity contribution in [3.8, 4) is 0 Å². The molecule has 1 rings (SSSR count). The molecule has 0 atom stereocenters. The fourth-order valence-electron chi connectivity index (χ4n) is 1.56. The number of amides is 3. The van der Waals surface area contributed by atoms with E-state index < -0.39 is 0 Å². The van der Waals surface area contributed by atoms with Crippen LogP contribution in [0.25, 0.3) is 0 Å². The molecule has 120 valence electrons. The third-order valence-electron chi connectivity index (χ3n) is 2.80. The first kappa shape index (κ1) is 18.4. The number of hydrogen-bond acceptors (Lipinski definition) is 3. The van der Waals surface area contributed by atoms with Gasteiger partial charge in [-0.3, -0.25) is 14.4 Å². The number of halogens is 1. The van der Waals surface area contributed by atoms with E-state index in [1.165, 1.54) is 0 Å². The highest BCUT2D eigenvalue weighted by Gasteiger charge is 2.10. The minimum Gasteiger partial charge on any atom is -0.354 e. The molecule has 0 saturated carbocycles. The van der Waals surface area contributed by atoms with Crippen LogP contribution in [-0.2, 0) is 9.59 Å². The Morgan fingerprint density at radius 1 is 1.05 bits per heavy atom. The van der Waals surface area contributed by atoms with Gasteiger partial charge in [-0.2, -0.15) is 0 Å². The number of carbonyl (C=O) groups is 3. The predicted octanol–water partition coefficient (Wildman–Crippen LogP) is 0.909. The number of hydrogen-bond donors (Lipinski definition) is 3. The Morgan fingerprint density at radius 2 is 1.68 bits per heavy atom. The highest BCUT2D eigenvalue weighted by molar-refractivity contribution is 14.1. The molecule has 0 spiro atoms. The van der Waals surface area contributed by atoms with Gasteiger partial charge < -0.3 is 16.0 Å². The molecule has 22 heavy (non-hydrogen) atoms. The molecule has 0 heterocycles. The van der Waals surface area contributed by atoms with Crippen molar-refractivity contribution in [1.29, 1.82) is 0 Å². The summed E-state index contributed by atoms with van der Waals surface area (Å²) in [6.07, 6.45) is 0. The van der Waals surface area contributed by atoms with Crippen LogP contribution in [0.2, 0.25) is 0 Å². The molecule has 6 nitrogen and oxygen atoms in total. The summed E-state index contributed by atoms with van der Waals surface area (Å²) in [5.74, 6) is -0.712. The van der Waals surface area contributed by atoms with E-state index in [9.17, 15) is 14.4 Å². The SMILES string of the molecule is CC(C)C(=O)NCCNC(=O)CNC(=O)c1ccccc1I. The Kier molecular flexibility index (Phi) is 7.86. The van der Waals surface area contributed by atoms with Crippen molar-refractivity contribution in [3.05, 3.63) is 33.4 Å². The first-order valence-corrected chi connectivity index (χ1v) is 8.07. The largest absolute Gasteiger partial charge is 0.354 e. The molecular weight excluding hydrogens is 397 g/mol. The summed E-state index contributed by atoms with van der Waals surface area (Å²) in [5.41, 5.74) is 0.542. The highest BCUT2D eigenvalue weighted by atomic mass is 127. The van der Waals surface area contributed by atoms with Crippen molar-refractivity contribution in [2.24, 2.45) is 5.92 Å². The first-order valence-electron chi connectivity index (χ1n) is 6.99. The van der Waals surface area contributed by atoms with Gasteiger partial charge in [0.05, 0.1) is 12.1 Å². The van der Waals surface area contributed by atoms with Crippen LogP contribution >= 0.6 is 22.6 Å². The van der Waals surface area contributed by atoms with E-state index >= 15 is 0 Å². The van der Waals surface area contributed by atoms with Gasteiger partial charge >= 0.3 is 0 Å². The highest BCUT2D eigenvalue weighted by Crippen LogP contribution is 2.10. The van der Waals surface area contributed by atoms with Crippen LogP contribution in [0.5, 0.6) is 0 Å². The maximum absolute atomic E-state index is 11.9. The molecule has 0 aliphatic carbocycles. The Labute approximate surface area is 143 Å². The molecule has 0 fully saturated rings. The Balaban J connectivity index is 2.25. The lowest BCUT2D eigenvalue weighted by Gasteiger charge is -2.09. The summed E-state index contributed by atoms with van der Waals surface area (Å²) in [5, 5.41) is 7.89. The Bertz CT molecular complexity index is 547. The molecule has 0 aliphatic heterocycles. The molecule has 0 aliphatic rings. The smallest absolute Gasteiger partial charge is 0.252 e. The number of benzene rings is 1. The average Bonchev–Trinajstić information content (AvgIpc) is 2.49. The van der Waals surface area contributed by atoms with E-state index in [0.717, 1.165) is 3.57 Å². The Morgan fingerprint density at radius 3 is 2.32 bits per heavy atom. The maximum atomic E-state index is 11.9. The van der Waals surface area contributed by atoms with Gasteiger partial charge in [-0.15, -0.1) is 0 Å². The third kappa shape index (κ3) is 6.42.